The first-order valence-electron chi connectivity index (χ1n) is 11.8. The number of likely N-dealkylation sites (tertiary alicyclic amines) is 1. The van der Waals surface area contributed by atoms with Gasteiger partial charge in [-0.1, -0.05) is 18.2 Å². The summed E-state index contributed by atoms with van der Waals surface area (Å²) in [5.74, 6) is -5.06. The molecule has 0 radical (unpaired) electrons. The monoisotopic (exact) mass is 615 g/mol. The Balaban J connectivity index is 0.000000349. The number of hydrogen-bond acceptors (Lipinski definition) is 7. The van der Waals surface area contributed by atoms with E-state index >= 15 is 0 Å². The molecule has 0 amide bonds. The summed E-state index contributed by atoms with van der Waals surface area (Å²) in [5.41, 5.74) is 0.909. The molecule has 0 unspecified atom stereocenters. The van der Waals surface area contributed by atoms with E-state index in [0.717, 1.165) is 38.2 Å². The summed E-state index contributed by atoms with van der Waals surface area (Å²) in [7, 11) is -1.85. The molecule has 0 aliphatic carbocycles. The SMILES string of the molecule is CN1CC2(CCN(Cc3ccccn3)CC2)COc2ccccc2S1(=O)=O.O=C(O)C(F)(F)F.O=C(O)C(F)(F)F. The molecule has 1 aromatic heterocycles. The lowest BCUT2D eigenvalue weighted by Gasteiger charge is -2.44. The average Bonchev–Trinajstić information content (AvgIpc) is 2.89. The number of benzene rings is 1. The Morgan fingerprint density at radius 1 is 0.951 bits per heavy atom. The Morgan fingerprint density at radius 2 is 1.46 bits per heavy atom. The number of pyridine rings is 1. The molecule has 4 rings (SSSR count). The topological polar surface area (TPSA) is 137 Å². The zero-order valence-electron chi connectivity index (χ0n) is 21.5. The highest BCUT2D eigenvalue weighted by molar-refractivity contribution is 7.89. The molecular weight excluding hydrogens is 588 g/mol. The highest BCUT2D eigenvalue weighted by atomic mass is 32.2. The number of ether oxygens (including phenoxy) is 1. The van der Waals surface area contributed by atoms with E-state index < -0.39 is 34.3 Å². The zero-order valence-corrected chi connectivity index (χ0v) is 22.3. The molecule has 1 spiro atoms. The van der Waals surface area contributed by atoms with Crippen LogP contribution in [-0.2, 0) is 26.2 Å². The third-order valence-corrected chi connectivity index (χ3v) is 7.99. The zero-order chi connectivity index (χ0) is 31.1. The van der Waals surface area contributed by atoms with Crippen molar-refractivity contribution in [1.82, 2.24) is 14.2 Å². The van der Waals surface area contributed by atoms with Gasteiger partial charge in [-0.3, -0.25) is 9.88 Å². The van der Waals surface area contributed by atoms with Crippen molar-refractivity contribution < 1.29 is 59.3 Å². The summed E-state index contributed by atoms with van der Waals surface area (Å²) < 4.78 is 96.9. The van der Waals surface area contributed by atoms with Crippen molar-refractivity contribution in [2.24, 2.45) is 5.41 Å². The van der Waals surface area contributed by atoms with Crippen molar-refractivity contribution in [3.8, 4) is 5.75 Å². The molecule has 1 fully saturated rings. The number of carboxylic acids is 2. The van der Waals surface area contributed by atoms with Gasteiger partial charge in [0.05, 0.1) is 12.3 Å². The van der Waals surface area contributed by atoms with Gasteiger partial charge in [0.2, 0.25) is 10.0 Å². The van der Waals surface area contributed by atoms with Crippen molar-refractivity contribution in [1.29, 1.82) is 0 Å². The number of halogens is 6. The molecule has 0 saturated carbocycles. The number of nitrogens with zero attached hydrogens (tertiary/aromatic N) is 3. The molecule has 228 valence electrons. The molecule has 17 heteroatoms. The molecule has 2 N–H and O–H groups in total. The second kappa shape index (κ2) is 13.5. The summed E-state index contributed by atoms with van der Waals surface area (Å²) >= 11 is 0. The number of para-hydroxylation sites is 1. The molecular formula is C24H27F6N3O7S. The Kier molecular flexibility index (Phi) is 11.1. The third kappa shape index (κ3) is 9.86. The normalized spacial score (nSPS) is 18.6. The Morgan fingerprint density at radius 3 is 1.95 bits per heavy atom. The maximum Gasteiger partial charge on any atom is 0.490 e. The fraction of sp³-hybridized carbons (Fsp3) is 0.458. The largest absolute Gasteiger partial charge is 0.492 e. The van der Waals surface area contributed by atoms with E-state index in [2.05, 4.69) is 9.88 Å². The molecule has 2 aliphatic heterocycles. The number of piperidine rings is 1. The maximum absolute atomic E-state index is 12.9. The summed E-state index contributed by atoms with van der Waals surface area (Å²) in [6.45, 7) is 3.68. The molecule has 2 aliphatic rings. The van der Waals surface area contributed by atoms with Crippen molar-refractivity contribution in [2.45, 2.75) is 36.6 Å². The lowest BCUT2D eigenvalue weighted by molar-refractivity contribution is -0.193. The van der Waals surface area contributed by atoms with E-state index in [4.69, 9.17) is 24.5 Å². The number of fused-ring (bicyclic) bond motifs is 1. The highest BCUT2D eigenvalue weighted by Gasteiger charge is 2.42. The van der Waals surface area contributed by atoms with Crippen LogP contribution >= 0.6 is 0 Å². The first-order valence-corrected chi connectivity index (χ1v) is 13.2. The van der Waals surface area contributed by atoms with Crippen LogP contribution in [-0.4, -0.2) is 90.4 Å². The van der Waals surface area contributed by atoms with Gasteiger partial charge in [0, 0.05) is 31.7 Å². The second-order valence-electron chi connectivity index (χ2n) is 9.20. The van der Waals surface area contributed by atoms with Crippen molar-refractivity contribution in [2.75, 3.05) is 33.3 Å². The van der Waals surface area contributed by atoms with Crippen LogP contribution in [0.4, 0.5) is 26.3 Å². The van der Waals surface area contributed by atoms with E-state index in [1.54, 1.807) is 25.2 Å². The predicted molar refractivity (Wildman–Crippen MR) is 130 cm³/mol. The van der Waals surface area contributed by atoms with Gasteiger partial charge < -0.3 is 14.9 Å². The fourth-order valence-electron chi connectivity index (χ4n) is 3.99. The van der Waals surface area contributed by atoms with Gasteiger partial charge in [-0.25, -0.2) is 22.3 Å². The van der Waals surface area contributed by atoms with E-state index in [0.29, 0.717) is 18.9 Å². The van der Waals surface area contributed by atoms with Gasteiger partial charge in [-0.05, 0) is 50.2 Å². The molecule has 2 aromatic rings. The Labute approximate surface area is 231 Å². The number of sulfonamides is 1. The maximum atomic E-state index is 12.9. The Hall–Kier alpha value is -3.44. The van der Waals surface area contributed by atoms with E-state index in [9.17, 15) is 34.8 Å². The lowest BCUT2D eigenvalue weighted by atomic mass is 9.79. The van der Waals surface area contributed by atoms with Crippen LogP contribution < -0.4 is 4.74 Å². The minimum Gasteiger partial charge on any atom is -0.492 e. The van der Waals surface area contributed by atoms with Crippen molar-refractivity contribution in [3.63, 3.8) is 0 Å². The predicted octanol–water partition coefficient (Wildman–Crippen LogP) is 3.64. The number of rotatable bonds is 2. The van der Waals surface area contributed by atoms with E-state index in [1.165, 1.54) is 4.31 Å². The third-order valence-electron chi connectivity index (χ3n) is 6.14. The molecule has 1 saturated heterocycles. The molecule has 3 heterocycles. The minimum atomic E-state index is -5.08. The van der Waals surface area contributed by atoms with Gasteiger partial charge in [-0.15, -0.1) is 0 Å². The van der Waals surface area contributed by atoms with Crippen LogP contribution in [0, 0.1) is 5.41 Å². The minimum absolute atomic E-state index is 0.157. The number of carbonyl (C=O) groups is 2. The van der Waals surface area contributed by atoms with Crippen LogP contribution in [0.15, 0.2) is 53.6 Å². The summed E-state index contributed by atoms with van der Waals surface area (Å²) in [6.07, 6.45) is -6.54. The van der Waals surface area contributed by atoms with E-state index in [1.807, 2.05) is 30.5 Å². The van der Waals surface area contributed by atoms with Crippen LogP contribution in [0.5, 0.6) is 5.75 Å². The number of aliphatic carboxylic acids is 2. The summed E-state index contributed by atoms with van der Waals surface area (Å²) in [6, 6.07) is 12.9. The summed E-state index contributed by atoms with van der Waals surface area (Å²) in [4.78, 5) is 24.8. The van der Waals surface area contributed by atoms with Crippen LogP contribution in [0.3, 0.4) is 0 Å². The first-order chi connectivity index (χ1) is 18.9. The van der Waals surface area contributed by atoms with Gasteiger partial charge >= 0.3 is 24.3 Å². The standard InChI is InChI=1S/C20H25N3O3S.2C2HF3O2/c1-22-15-20(16-26-18-7-2-3-8-19(18)27(22,24)25)9-12-23(13-10-20)14-17-6-4-5-11-21-17;2*3-2(4,5)1(6)7/h2-8,11H,9-10,12-16H2,1H3;2*(H,6,7). The molecule has 41 heavy (non-hydrogen) atoms. The van der Waals surface area contributed by atoms with Crippen molar-refractivity contribution in [3.05, 3.63) is 54.4 Å². The van der Waals surface area contributed by atoms with Gasteiger partial charge in [-0.2, -0.15) is 26.3 Å². The van der Waals surface area contributed by atoms with Gasteiger partial charge in [0.1, 0.15) is 10.6 Å². The number of hydrogen-bond donors (Lipinski definition) is 2. The molecule has 1 aromatic carbocycles. The van der Waals surface area contributed by atoms with Gasteiger partial charge in [0.25, 0.3) is 0 Å². The average molecular weight is 616 g/mol. The Bertz CT molecular complexity index is 1260. The molecule has 0 atom stereocenters. The quantitative estimate of drug-likeness (QED) is 0.485. The molecule has 0 bridgehead atoms. The highest BCUT2D eigenvalue weighted by Crippen LogP contribution is 2.38. The number of aromatic nitrogens is 1. The van der Waals surface area contributed by atoms with E-state index in [-0.39, 0.29) is 10.3 Å². The summed E-state index contributed by atoms with van der Waals surface area (Å²) in [5, 5.41) is 14.2. The smallest absolute Gasteiger partial charge is 0.490 e. The fourth-order valence-corrected chi connectivity index (χ4v) is 5.40. The molecule has 10 nitrogen and oxygen atoms in total. The lowest BCUT2D eigenvalue weighted by Crippen LogP contribution is -2.50. The van der Waals surface area contributed by atoms with Gasteiger partial charge in [0.15, 0.2) is 0 Å². The second-order valence-corrected chi connectivity index (χ2v) is 11.2. The number of carboxylic acid groups (broad SMARTS) is 2. The van der Waals surface area contributed by atoms with Crippen molar-refractivity contribution >= 4 is 22.0 Å². The number of alkyl halides is 6. The van der Waals surface area contributed by atoms with Crippen LogP contribution in [0.2, 0.25) is 0 Å². The first kappa shape index (κ1) is 33.8. The van der Waals surface area contributed by atoms with Crippen LogP contribution in [0.25, 0.3) is 0 Å². The van der Waals surface area contributed by atoms with Crippen LogP contribution in [0.1, 0.15) is 18.5 Å².